The number of carbonyl (C=O) groups is 6. The molecule has 3 aliphatic rings. The number of aromatic hydroxyl groups is 1. The molecular formula is C28H25NO9. The van der Waals surface area contributed by atoms with Crippen molar-refractivity contribution in [1.29, 1.82) is 0 Å². The topological polar surface area (TPSA) is 178 Å². The maximum absolute atomic E-state index is 13.7. The molecule has 196 valence electrons. The van der Waals surface area contributed by atoms with Gasteiger partial charge in [-0.1, -0.05) is 24.3 Å². The molecule has 2 aromatic carbocycles. The third-order valence-electron chi connectivity index (χ3n) is 8.06. The SMILES string of the molecule is COCC(=O)c1cccc(-c2ccc(O)c3c2C[C@H]2C[C@H]4CC(=O)C(C(N)=O)C(=O)[C@@]4(O)C(=O)C2C3=O)c1. The van der Waals surface area contributed by atoms with Crippen molar-refractivity contribution in [3.8, 4) is 16.9 Å². The van der Waals surface area contributed by atoms with E-state index < -0.39 is 64.7 Å². The number of nitrogens with two attached hydrogens (primary N) is 1. The largest absolute Gasteiger partial charge is 0.507 e. The predicted octanol–water partition coefficient (Wildman–Crippen LogP) is 0.823. The third kappa shape index (κ3) is 3.63. The van der Waals surface area contributed by atoms with Crippen LogP contribution >= 0.6 is 0 Å². The fourth-order valence-electron chi connectivity index (χ4n) is 6.31. The summed E-state index contributed by atoms with van der Waals surface area (Å²) in [5.41, 5.74) is 4.47. The summed E-state index contributed by atoms with van der Waals surface area (Å²) in [6, 6.07) is 9.65. The number of ketones is 5. The zero-order chi connectivity index (χ0) is 27.5. The first-order valence-electron chi connectivity index (χ1n) is 12.1. The molecule has 2 fully saturated rings. The second-order valence-corrected chi connectivity index (χ2v) is 10.2. The van der Waals surface area contributed by atoms with Crippen LogP contribution in [0.4, 0.5) is 0 Å². The van der Waals surface area contributed by atoms with Gasteiger partial charge in [0.2, 0.25) is 5.91 Å². The number of methoxy groups -OCH3 is 1. The molecule has 2 aromatic rings. The van der Waals surface area contributed by atoms with E-state index in [9.17, 15) is 39.0 Å². The molecule has 5 rings (SSSR count). The molecule has 2 unspecified atom stereocenters. The Morgan fingerprint density at radius 3 is 2.50 bits per heavy atom. The van der Waals surface area contributed by atoms with Crippen molar-refractivity contribution in [3.05, 3.63) is 53.1 Å². The number of primary amides is 1. The third-order valence-corrected chi connectivity index (χ3v) is 8.06. The molecule has 3 aliphatic carbocycles. The summed E-state index contributed by atoms with van der Waals surface area (Å²) in [5, 5.41) is 21.9. The van der Waals surface area contributed by atoms with Crippen molar-refractivity contribution in [2.75, 3.05) is 13.7 Å². The van der Waals surface area contributed by atoms with Crippen molar-refractivity contribution in [2.24, 2.45) is 29.4 Å². The summed E-state index contributed by atoms with van der Waals surface area (Å²) in [6.07, 6.45) is -0.253. The van der Waals surface area contributed by atoms with Gasteiger partial charge in [-0.2, -0.15) is 0 Å². The number of phenols is 1. The van der Waals surface area contributed by atoms with Crippen LogP contribution in [0.25, 0.3) is 11.1 Å². The highest BCUT2D eigenvalue weighted by Gasteiger charge is 2.66. The van der Waals surface area contributed by atoms with Crippen molar-refractivity contribution in [2.45, 2.75) is 24.9 Å². The van der Waals surface area contributed by atoms with Gasteiger partial charge in [0.25, 0.3) is 0 Å². The van der Waals surface area contributed by atoms with Crippen LogP contribution in [0.3, 0.4) is 0 Å². The van der Waals surface area contributed by atoms with Crippen LogP contribution in [0.5, 0.6) is 5.75 Å². The van der Waals surface area contributed by atoms with E-state index in [1.807, 2.05) is 0 Å². The Hall–Kier alpha value is -4.02. The molecule has 4 N–H and O–H groups in total. The Labute approximate surface area is 216 Å². The standard InChI is InChI=1S/C28H25NO9/c1-38-11-20(32)13-4-2-3-12(7-13)16-5-6-18(30)22-17(16)9-14-8-15-10-19(31)23(27(29)36)26(35)28(15,37)25(34)21(14)24(22)33/h2-7,14-15,21,23,30,37H,8-11H2,1H3,(H2,29,36)/t14-,15+,21?,23?,28+/m1/s1. The summed E-state index contributed by atoms with van der Waals surface area (Å²) in [5.74, 6) is -10.9. The number of amides is 1. The molecule has 10 nitrogen and oxygen atoms in total. The van der Waals surface area contributed by atoms with E-state index in [0.717, 1.165) is 0 Å². The lowest BCUT2D eigenvalue weighted by Gasteiger charge is -2.48. The van der Waals surface area contributed by atoms with Gasteiger partial charge in [-0.05, 0) is 47.6 Å². The van der Waals surface area contributed by atoms with E-state index in [1.165, 1.54) is 13.2 Å². The second-order valence-electron chi connectivity index (χ2n) is 10.2. The lowest BCUT2D eigenvalue weighted by atomic mass is 9.53. The predicted molar refractivity (Wildman–Crippen MR) is 130 cm³/mol. The van der Waals surface area contributed by atoms with Crippen molar-refractivity contribution in [3.63, 3.8) is 0 Å². The summed E-state index contributed by atoms with van der Waals surface area (Å²) < 4.78 is 4.93. The molecule has 0 radical (unpaired) electrons. The highest BCUT2D eigenvalue weighted by Crippen LogP contribution is 2.51. The quantitative estimate of drug-likeness (QED) is 0.381. The van der Waals surface area contributed by atoms with Gasteiger partial charge >= 0.3 is 0 Å². The van der Waals surface area contributed by atoms with Crippen LogP contribution in [0, 0.1) is 23.7 Å². The summed E-state index contributed by atoms with van der Waals surface area (Å²) in [6.45, 7) is -0.111. The molecule has 0 heterocycles. The Morgan fingerprint density at radius 2 is 1.82 bits per heavy atom. The minimum atomic E-state index is -2.69. The fraction of sp³-hybridized carbons (Fsp3) is 0.357. The number of benzene rings is 2. The highest BCUT2D eigenvalue weighted by atomic mass is 16.5. The van der Waals surface area contributed by atoms with Crippen LogP contribution < -0.4 is 5.73 Å². The van der Waals surface area contributed by atoms with Gasteiger partial charge in [-0.25, -0.2) is 0 Å². The van der Waals surface area contributed by atoms with Crippen molar-refractivity contribution >= 4 is 34.8 Å². The van der Waals surface area contributed by atoms with Crippen LogP contribution in [-0.2, 0) is 30.3 Å². The molecule has 10 heteroatoms. The van der Waals surface area contributed by atoms with E-state index in [0.29, 0.717) is 22.3 Å². The molecule has 2 saturated carbocycles. The molecular weight excluding hydrogens is 494 g/mol. The molecule has 1 amide bonds. The maximum Gasteiger partial charge on any atom is 0.235 e. The van der Waals surface area contributed by atoms with E-state index >= 15 is 0 Å². The Bertz CT molecular complexity index is 1440. The molecule has 38 heavy (non-hydrogen) atoms. The van der Waals surface area contributed by atoms with Gasteiger partial charge in [0.05, 0.1) is 11.5 Å². The Kier molecular flexibility index (Phi) is 6.12. The van der Waals surface area contributed by atoms with Gasteiger partial charge < -0.3 is 20.7 Å². The van der Waals surface area contributed by atoms with Gasteiger partial charge in [0.15, 0.2) is 40.4 Å². The molecule has 0 aromatic heterocycles. The Morgan fingerprint density at radius 1 is 1.08 bits per heavy atom. The molecule has 5 atom stereocenters. The van der Waals surface area contributed by atoms with Gasteiger partial charge in [0, 0.05) is 25.0 Å². The van der Waals surface area contributed by atoms with E-state index in [-0.39, 0.29) is 36.5 Å². The average Bonchev–Trinajstić information content (AvgIpc) is 2.86. The minimum absolute atomic E-state index is 0.00249. The number of fused-ring (bicyclic) bond motifs is 3. The zero-order valence-electron chi connectivity index (χ0n) is 20.4. The zero-order valence-corrected chi connectivity index (χ0v) is 20.4. The number of ether oxygens (including phenoxy) is 1. The molecule has 0 saturated heterocycles. The number of aliphatic hydroxyl groups is 1. The van der Waals surface area contributed by atoms with E-state index in [2.05, 4.69) is 0 Å². The van der Waals surface area contributed by atoms with E-state index in [4.69, 9.17) is 10.5 Å². The molecule has 0 spiro atoms. The monoisotopic (exact) mass is 519 g/mol. The fourth-order valence-corrected chi connectivity index (χ4v) is 6.31. The summed E-state index contributed by atoms with van der Waals surface area (Å²) >= 11 is 0. The Balaban J connectivity index is 1.59. The summed E-state index contributed by atoms with van der Waals surface area (Å²) in [4.78, 5) is 76.9. The highest BCUT2D eigenvalue weighted by molar-refractivity contribution is 6.31. The van der Waals surface area contributed by atoms with Gasteiger partial charge in [0.1, 0.15) is 12.4 Å². The smallest absolute Gasteiger partial charge is 0.235 e. The normalized spacial score (nSPS) is 28.4. The number of Topliss-reactive ketones (excluding diaryl/α,β-unsaturated/α-hetero) is 5. The van der Waals surface area contributed by atoms with Crippen molar-refractivity contribution < 1.29 is 43.7 Å². The van der Waals surface area contributed by atoms with Gasteiger partial charge in [-0.3, -0.25) is 28.8 Å². The van der Waals surface area contributed by atoms with Gasteiger partial charge in [-0.15, -0.1) is 0 Å². The minimum Gasteiger partial charge on any atom is -0.507 e. The lowest BCUT2D eigenvalue weighted by Crippen LogP contribution is -2.68. The lowest BCUT2D eigenvalue weighted by molar-refractivity contribution is -0.175. The first kappa shape index (κ1) is 25.6. The number of hydrogen-bond acceptors (Lipinski definition) is 9. The van der Waals surface area contributed by atoms with Crippen molar-refractivity contribution in [1.82, 2.24) is 0 Å². The molecule has 0 bridgehead atoms. The second kappa shape index (κ2) is 9.07. The van der Waals surface area contributed by atoms with E-state index in [1.54, 1.807) is 30.3 Å². The number of carbonyl (C=O) groups excluding carboxylic acids is 6. The molecule has 0 aliphatic heterocycles. The number of rotatable bonds is 5. The van der Waals surface area contributed by atoms with Crippen LogP contribution in [0.1, 0.15) is 39.1 Å². The number of phenolic OH excluding ortho intramolecular Hbond substituents is 1. The average molecular weight is 520 g/mol. The first-order valence-corrected chi connectivity index (χ1v) is 12.1. The first-order chi connectivity index (χ1) is 18.0. The van der Waals surface area contributed by atoms with Crippen LogP contribution in [0.15, 0.2) is 36.4 Å². The maximum atomic E-state index is 13.7. The van der Waals surface area contributed by atoms with Crippen LogP contribution in [-0.4, -0.2) is 64.4 Å². The summed E-state index contributed by atoms with van der Waals surface area (Å²) in [7, 11) is 1.41. The van der Waals surface area contributed by atoms with Crippen LogP contribution in [0.2, 0.25) is 0 Å². The number of hydrogen-bond donors (Lipinski definition) is 3.